The third-order valence-corrected chi connectivity index (χ3v) is 12.7. The van der Waals surface area contributed by atoms with Crippen molar-refractivity contribution >= 4 is 11.9 Å². The largest absolute Gasteiger partial charge is 0.462 e. The van der Waals surface area contributed by atoms with Crippen LogP contribution in [0.1, 0.15) is 297 Å². The number of carbonyl (C=O) groups excluding carboxylic acids is 2. The van der Waals surface area contributed by atoms with Crippen molar-refractivity contribution in [3.63, 3.8) is 0 Å². The van der Waals surface area contributed by atoms with Crippen LogP contribution in [-0.4, -0.2) is 46.9 Å². The quantitative estimate of drug-likeness (QED) is 0.0321. The molecule has 0 bridgehead atoms. The number of allylic oxidation sites excluding steroid dienone is 4. The fourth-order valence-electron chi connectivity index (χ4n) is 8.55. The molecule has 6 nitrogen and oxygen atoms in total. The van der Waals surface area contributed by atoms with Gasteiger partial charge in [0.15, 0.2) is 0 Å². The minimum atomic E-state index is -0.787. The second kappa shape index (κ2) is 50.3. The van der Waals surface area contributed by atoms with Crippen molar-refractivity contribution in [1.29, 1.82) is 0 Å². The number of nitrogens with one attached hydrogen (secondary N) is 1. The molecule has 0 radical (unpaired) electrons. The zero-order chi connectivity index (χ0) is 45.2. The van der Waals surface area contributed by atoms with Crippen LogP contribution in [0.2, 0.25) is 0 Å². The van der Waals surface area contributed by atoms with E-state index in [4.69, 9.17) is 4.74 Å². The minimum Gasteiger partial charge on any atom is -0.462 e. The first-order valence-electron chi connectivity index (χ1n) is 27.6. The number of esters is 1. The molecule has 0 heterocycles. The Hall–Kier alpha value is -1.66. The fraction of sp³-hybridized carbons (Fsp3) is 0.893. The summed E-state index contributed by atoms with van der Waals surface area (Å²) in [6.45, 7) is 6.45. The minimum absolute atomic E-state index is 0.0753. The van der Waals surface area contributed by atoms with Gasteiger partial charge in [0.2, 0.25) is 5.91 Å². The van der Waals surface area contributed by atoms with Gasteiger partial charge in [-0.25, -0.2) is 0 Å². The van der Waals surface area contributed by atoms with E-state index in [0.717, 1.165) is 64.2 Å². The van der Waals surface area contributed by atoms with Crippen LogP contribution in [0.5, 0.6) is 0 Å². The normalized spacial score (nSPS) is 13.3. The standard InChI is InChI=1S/C56H107NO5/c1-4-7-10-13-16-19-22-24-26-28-29-31-33-35-38-41-44-47-52(62-56(61)49-46-43-40-37-21-18-15-12-9-6-3)50-55(60)57-53(51-58)54(59)48-45-42-39-36-34-32-30-27-25-23-20-17-14-11-8-5-2/h12,15,24,26,52-54,58-59H,4-11,13-14,16-23,25,27-51H2,1-3H3,(H,57,60)/b15-12-,26-24+. The van der Waals surface area contributed by atoms with Gasteiger partial charge in [0, 0.05) is 6.42 Å². The fourth-order valence-corrected chi connectivity index (χ4v) is 8.55. The van der Waals surface area contributed by atoms with Crippen LogP contribution in [-0.2, 0) is 14.3 Å². The van der Waals surface area contributed by atoms with Crippen LogP contribution >= 0.6 is 0 Å². The van der Waals surface area contributed by atoms with E-state index in [1.54, 1.807) is 0 Å². The Balaban J connectivity index is 4.49. The molecule has 0 fully saturated rings. The van der Waals surface area contributed by atoms with Crippen molar-refractivity contribution in [2.45, 2.75) is 315 Å². The molecule has 1 amide bonds. The number of amides is 1. The lowest BCUT2D eigenvalue weighted by molar-refractivity contribution is -0.151. The summed E-state index contributed by atoms with van der Waals surface area (Å²) in [5.74, 6) is -0.476. The number of unbranched alkanes of at least 4 members (excludes halogenated alkanes) is 34. The molecule has 3 atom stereocenters. The lowest BCUT2D eigenvalue weighted by Gasteiger charge is -2.24. The molecule has 6 heteroatoms. The second-order valence-corrected chi connectivity index (χ2v) is 19.0. The van der Waals surface area contributed by atoms with Crippen LogP contribution < -0.4 is 5.32 Å². The van der Waals surface area contributed by atoms with Gasteiger partial charge in [-0.3, -0.25) is 9.59 Å². The highest BCUT2D eigenvalue weighted by Gasteiger charge is 2.24. The summed E-state index contributed by atoms with van der Waals surface area (Å²) >= 11 is 0. The number of ether oxygens (including phenoxy) is 1. The van der Waals surface area contributed by atoms with E-state index in [9.17, 15) is 19.8 Å². The van der Waals surface area contributed by atoms with Gasteiger partial charge in [0.25, 0.3) is 0 Å². The number of aliphatic hydroxyl groups excluding tert-OH is 2. The predicted octanol–water partition coefficient (Wildman–Crippen LogP) is 16.7. The molecule has 0 rings (SSSR count). The Kier molecular flexibility index (Phi) is 49.0. The van der Waals surface area contributed by atoms with Crippen LogP contribution in [0.25, 0.3) is 0 Å². The van der Waals surface area contributed by atoms with E-state index in [2.05, 4.69) is 50.4 Å². The summed E-state index contributed by atoms with van der Waals surface area (Å²) < 4.78 is 5.93. The summed E-state index contributed by atoms with van der Waals surface area (Å²) in [6.07, 6.45) is 58.2. The van der Waals surface area contributed by atoms with Crippen molar-refractivity contribution in [2.24, 2.45) is 0 Å². The number of rotatable bonds is 50. The third kappa shape index (κ3) is 44.9. The summed E-state index contributed by atoms with van der Waals surface area (Å²) in [4.78, 5) is 26.1. The molecule has 0 aliphatic rings. The molecule has 0 aliphatic carbocycles. The van der Waals surface area contributed by atoms with Gasteiger partial charge in [0.05, 0.1) is 25.2 Å². The van der Waals surface area contributed by atoms with Gasteiger partial charge >= 0.3 is 5.97 Å². The van der Waals surface area contributed by atoms with Gasteiger partial charge in [-0.05, 0) is 70.6 Å². The zero-order valence-electron chi connectivity index (χ0n) is 41.8. The molecular weight excluding hydrogens is 767 g/mol. The molecule has 0 aliphatic heterocycles. The van der Waals surface area contributed by atoms with Gasteiger partial charge in [-0.2, -0.15) is 0 Å². The van der Waals surface area contributed by atoms with Crippen molar-refractivity contribution < 1.29 is 24.5 Å². The van der Waals surface area contributed by atoms with Crippen molar-refractivity contribution in [3.8, 4) is 0 Å². The summed E-state index contributed by atoms with van der Waals surface area (Å²) in [7, 11) is 0. The van der Waals surface area contributed by atoms with Gasteiger partial charge in [-0.1, -0.05) is 238 Å². The molecule has 0 aromatic rings. The molecule has 3 N–H and O–H groups in total. The van der Waals surface area contributed by atoms with Gasteiger partial charge in [0.1, 0.15) is 6.10 Å². The average Bonchev–Trinajstić information content (AvgIpc) is 3.26. The molecule has 0 saturated heterocycles. The Labute approximate surface area is 386 Å². The summed E-state index contributed by atoms with van der Waals surface area (Å²) in [5.41, 5.74) is 0. The molecule has 0 spiro atoms. The monoisotopic (exact) mass is 874 g/mol. The van der Waals surface area contributed by atoms with E-state index in [0.29, 0.717) is 19.3 Å². The highest BCUT2D eigenvalue weighted by atomic mass is 16.5. The van der Waals surface area contributed by atoms with E-state index in [1.165, 1.54) is 186 Å². The van der Waals surface area contributed by atoms with Gasteiger partial charge in [-0.15, -0.1) is 0 Å². The first-order valence-corrected chi connectivity index (χ1v) is 27.6. The average molecular weight is 874 g/mol. The number of hydrogen-bond donors (Lipinski definition) is 3. The first kappa shape index (κ1) is 60.3. The van der Waals surface area contributed by atoms with E-state index >= 15 is 0 Å². The molecule has 3 unspecified atom stereocenters. The maximum Gasteiger partial charge on any atom is 0.306 e. The molecule has 62 heavy (non-hydrogen) atoms. The van der Waals surface area contributed by atoms with E-state index in [1.807, 2.05) is 0 Å². The van der Waals surface area contributed by atoms with Crippen LogP contribution in [0, 0.1) is 0 Å². The van der Waals surface area contributed by atoms with Crippen LogP contribution in [0.4, 0.5) is 0 Å². The number of hydrogen-bond acceptors (Lipinski definition) is 5. The zero-order valence-corrected chi connectivity index (χ0v) is 41.8. The van der Waals surface area contributed by atoms with E-state index < -0.39 is 18.2 Å². The van der Waals surface area contributed by atoms with Crippen molar-refractivity contribution in [3.05, 3.63) is 24.3 Å². The Bertz CT molecular complexity index is 981. The van der Waals surface area contributed by atoms with Crippen molar-refractivity contribution in [1.82, 2.24) is 5.32 Å². The summed E-state index contributed by atoms with van der Waals surface area (Å²) in [5, 5.41) is 23.8. The Morgan fingerprint density at radius 3 is 1.21 bits per heavy atom. The summed E-state index contributed by atoms with van der Waals surface area (Å²) in [6, 6.07) is -0.701. The lowest BCUT2D eigenvalue weighted by atomic mass is 10.0. The number of carbonyl (C=O) groups is 2. The molecule has 0 saturated carbocycles. The SMILES string of the molecule is CCC/C=C\CCCCCCCC(=O)OC(CCCCCCCCC/C=C/CCCCCCCC)CC(=O)NC(CO)C(O)CCCCCCCCCCCCCCCCCC. The lowest BCUT2D eigenvalue weighted by Crippen LogP contribution is -2.46. The smallest absolute Gasteiger partial charge is 0.306 e. The Morgan fingerprint density at radius 1 is 0.452 bits per heavy atom. The molecule has 0 aromatic carbocycles. The van der Waals surface area contributed by atoms with Gasteiger partial charge < -0.3 is 20.3 Å². The topological polar surface area (TPSA) is 95.9 Å². The maximum absolute atomic E-state index is 13.2. The van der Waals surface area contributed by atoms with Crippen molar-refractivity contribution in [2.75, 3.05) is 6.61 Å². The van der Waals surface area contributed by atoms with Crippen LogP contribution in [0.3, 0.4) is 0 Å². The first-order chi connectivity index (χ1) is 30.5. The highest BCUT2D eigenvalue weighted by Crippen LogP contribution is 2.18. The van der Waals surface area contributed by atoms with E-state index in [-0.39, 0.29) is 24.9 Å². The highest BCUT2D eigenvalue weighted by molar-refractivity contribution is 5.77. The Morgan fingerprint density at radius 2 is 0.806 bits per heavy atom. The third-order valence-electron chi connectivity index (χ3n) is 12.7. The molecule has 366 valence electrons. The molecular formula is C56H107NO5. The molecule has 0 aromatic heterocycles. The predicted molar refractivity (Wildman–Crippen MR) is 269 cm³/mol. The van der Waals surface area contributed by atoms with Crippen LogP contribution in [0.15, 0.2) is 24.3 Å². The number of aliphatic hydroxyl groups is 2. The maximum atomic E-state index is 13.2. The second-order valence-electron chi connectivity index (χ2n) is 19.0.